The molecule has 0 aromatic rings. The fourth-order valence-electron chi connectivity index (χ4n) is 0.252. The third-order valence-electron chi connectivity index (χ3n) is 0.784. The van der Waals surface area contributed by atoms with Crippen LogP contribution in [0.3, 0.4) is 0 Å². The highest BCUT2D eigenvalue weighted by Gasteiger charge is 2.18. The van der Waals surface area contributed by atoms with Gasteiger partial charge in [-0.05, 0) is 0 Å². The van der Waals surface area contributed by atoms with Crippen LogP contribution in [0.4, 0.5) is 4.39 Å². The molecule has 0 aliphatic carbocycles. The van der Waals surface area contributed by atoms with Crippen LogP contribution < -0.4 is 0 Å². The molecule has 0 N–H and O–H groups in total. The molecule has 0 amide bonds. The van der Waals surface area contributed by atoms with Crippen LogP contribution in [-0.4, -0.2) is 18.0 Å². The predicted molar refractivity (Wildman–Crippen MR) is 33.2 cm³/mol. The van der Waals surface area contributed by atoms with Crippen molar-refractivity contribution in [3.8, 4) is 0 Å². The highest BCUT2D eigenvalue weighted by atomic mass is 35.5. The van der Waals surface area contributed by atoms with Crippen LogP contribution in [0.2, 0.25) is 13.6 Å². The van der Waals surface area contributed by atoms with Gasteiger partial charge in [0, 0.05) is 0 Å². The van der Waals surface area contributed by atoms with Crippen LogP contribution in [-0.2, 0) is 4.79 Å². The lowest BCUT2D eigenvalue weighted by Gasteiger charge is -1.97. The lowest BCUT2D eigenvalue weighted by atomic mass is 9.51. The number of carbonyl (C=O) groups is 1. The predicted octanol–water partition coefficient (Wildman–Crippen LogP) is 1.38. The highest BCUT2D eigenvalue weighted by molar-refractivity contribution is 6.90. The van der Waals surface area contributed by atoms with Crippen LogP contribution in [0.5, 0.6) is 0 Å². The Balaban J connectivity index is 3.65. The second-order valence-electron chi connectivity index (χ2n) is 1.86. The molecule has 0 radical (unpaired) electrons. The third-order valence-corrected chi connectivity index (χ3v) is 0.999. The summed E-state index contributed by atoms with van der Waals surface area (Å²) in [7, 11) is 0. The van der Waals surface area contributed by atoms with Crippen molar-refractivity contribution in [1.29, 1.82) is 0 Å². The maximum Gasteiger partial charge on any atom is 0.223 e. The molecule has 1 unspecified atom stereocenters. The van der Waals surface area contributed by atoms with Gasteiger partial charge in [-0.25, -0.2) is 4.39 Å². The SMILES string of the molecule is CB(C)C(=O)C(F)Cl. The number of carbonyl (C=O) groups excluding carboxylic acids is 1. The summed E-state index contributed by atoms with van der Waals surface area (Å²) >= 11 is 4.81. The minimum atomic E-state index is -1.82. The van der Waals surface area contributed by atoms with E-state index in [9.17, 15) is 9.18 Å². The van der Waals surface area contributed by atoms with Gasteiger partial charge in [0.05, 0.1) is 0 Å². The molecule has 0 saturated carbocycles. The lowest BCUT2D eigenvalue weighted by molar-refractivity contribution is -0.114. The minimum absolute atomic E-state index is 0.303. The molecule has 1 atom stereocenters. The van der Waals surface area contributed by atoms with Crippen LogP contribution in [0.15, 0.2) is 0 Å². The van der Waals surface area contributed by atoms with Crippen LogP contribution in [0.1, 0.15) is 0 Å². The third kappa shape index (κ3) is 2.31. The van der Waals surface area contributed by atoms with Gasteiger partial charge in [-0.2, -0.15) is 0 Å². The Bertz CT molecular complexity index is 84.0. The van der Waals surface area contributed by atoms with Gasteiger partial charge in [0.15, 0.2) is 0 Å². The van der Waals surface area contributed by atoms with Gasteiger partial charge in [-0.15, -0.1) is 0 Å². The number of alkyl halides is 2. The van der Waals surface area contributed by atoms with E-state index in [-0.39, 0.29) is 6.71 Å². The van der Waals surface area contributed by atoms with Gasteiger partial charge in [-0.3, -0.25) is 0 Å². The van der Waals surface area contributed by atoms with Crippen LogP contribution in [0.25, 0.3) is 0 Å². The van der Waals surface area contributed by atoms with E-state index in [0.29, 0.717) is 0 Å². The van der Waals surface area contributed by atoms with Gasteiger partial charge in [0.25, 0.3) is 0 Å². The number of hydrogen-bond donors (Lipinski definition) is 0. The first-order valence-electron chi connectivity index (χ1n) is 2.37. The van der Waals surface area contributed by atoms with Gasteiger partial charge in [0.1, 0.15) is 5.68 Å². The zero-order valence-corrected chi connectivity index (χ0v) is 5.57. The summed E-state index contributed by atoms with van der Waals surface area (Å²) in [6, 6.07) is 0. The topological polar surface area (TPSA) is 17.1 Å². The lowest BCUT2D eigenvalue weighted by Crippen LogP contribution is -2.24. The maximum atomic E-state index is 11.8. The summed E-state index contributed by atoms with van der Waals surface area (Å²) in [6.07, 6.45) is 0. The molecule has 0 aliphatic heterocycles. The van der Waals surface area contributed by atoms with E-state index in [1.807, 2.05) is 0 Å². The van der Waals surface area contributed by atoms with E-state index >= 15 is 0 Å². The van der Waals surface area contributed by atoms with Crippen molar-refractivity contribution in [1.82, 2.24) is 0 Å². The van der Waals surface area contributed by atoms with Crippen molar-refractivity contribution in [2.75, 3.05) is 0 Å². The molecule has 0 heterocycles. The zero-order chi connectivity index (χ0) is 6.73. The zero-order valence-electron chi connectivity index (χ0n) is 4.82. The molecule has 0 aliphatic rings. The fraction of sp³-hybridized carbons (Fsp3) is 0.750. The summed E-state index contributed by atoms with van der Waals surface area (Å²) in [5.41, 5.74) is -2.37. The van der Waals surface area contributed by atoms with Crippen LogP contribution in [0, 0.1) is 0 Å². The first kappa shape index (κ1) is 7.95. The molecular weight excluding hydrogens is 129 g/mol. The largest absolute Gasteiger partial charge is 0.307 e. The minimum Gasteiger partial charge on any atom is -0.307 e. The second kappa shape index (κ2) is 3.08. The second-order valence-corrected chi connectivity index (χ2v) is 2.24. The van der Waals surface area contributed by atoms with Crippen molar-refractivity contribution in [3.05, 3.63) is 0 Å². The van der Waals surface area contributed by atoms with Gasteiger partial charge < -0.3 is 4.79 Å². The molecule has 0 rings (SSSR count). The number of hydrogen-bond acceptors (Lipinski definition) is 1. The first-order chi connectivity index (χ1) is 3.55. The Labute approximate surface area is 53.3 Å². The molecule has 0 spiro atoms. The van der Waals surface area contributed by atoms with Crippen LogP contribution >= 0.6 is 11.6 Å². The molecular formula is C4H7BClFO. The molecule has 4 heteroatoms. The Kier molecular flexibility index (Phi) is 3.06. The summed E-state index contributed by atoms with van der Waals surface area (Å²) in [5.74, 6) is 0. The first-order valence-corrected chi connectivity index (χ1v) is 2.81. The fourth-order valence-corrected chi connectivity index (χ4v) is 0.504. The van der Waals surface area contributed by atoms with Gasteiger partial charge in [-0.1, -0.05) is 25.2 Å². The van der Waals surface area contributed by atoms with E-state index in [1.165, 1.54) is 0 Å². The highest BCUT2D eigenvalue weighted by Crippen LogP contribution is 2.00. The van der Waals surface area contributed by atoms with E-state index < -0.39 is 11.3 Å². The average Bonchev–Trinajstić information content (AvgIpc) is 1.64. The monoisotopic (exact) mass is 136 g/mol. The molecule has 0 bridgehead atoms. The normalized spacial score (nSPS) is 13.0. The standard InChI is InChI=1S/C4H7BClFO/c1-5(2)3(8)4(6)7/h4H,1-2H3. The van der Waals surface area contributed by atoms with Crippen molar-refractivity contribution >= 4 is 24.0 Å². The Morgan fingerprint density at radius 2 is 2.12 bits per heavy atom. The van der Waals surface area contributed by atoms with E-state index in [2.05, 4.69) is 0 Å². The van der Waals surface area contributed by atoms with Gasteiger partial charge >= 0.3 is 0 Å². The van der Waals surface area contributed by atoms with Crippen molar-refractivity contribution < 1.29 is 9.18 Å². The molecule has 8 heavy (non-hydrogen) atoms. The smallest absolute Gasteiger partial charge is 0.223 e. The summed E-state index contributed by atoms with van der Waals surface area (Å²) in [5, 5.41) is 0. The van der Waals surface area contributed by atoms with Crippen molar-refractivity contribution in [3.63, 3.8) is 0 Å². The maximum absolute atomic E-state index is 11.8. The molecule has 0 fully saturated rings. The molecule has 46 valence electrons. The van der Waals surface area contributed by atoms with E-state index in [4.69, 9.17) is 11.6 Å². The molecule has 1 nitrogen and oxygen atoms in total. The van der Waals surface area contributed by atoms with E-state index in [1.54, 1.807) is 13.6 Å². The van der Waals surface area contributed by atoms with E-state index in [0.717, 1.165) is 0 Å². The average molecular weight is 136 g/mol. The Morgan fingerprint density at radius 1 is 1.75 bits per heavy atom. The molecule has 0 saturated heterocycles. The number of halogens is 2. The Hall–Kier alpha value is -0.0451. The number of rotatable bonds is 2. The van der Waals surface area contributed by atoms with Gasteiger partial charge in [0.2, 0.25) is 12.3 Å². The molecule has 0 aromatic heterocycles. The van der Waals surface area contributed by atoms with Crippen molar-refractivity contribution in [2.24, 2.45) is 0 Å². The Morgan fingerprint density at radius 3 is 2.12 bits per heavy atom. The van der Waals surface area contributed by atoms with Crippen molar-refractivity contribution in [2.45, 2.75) is 19.3 Å². The molecule has 0 aromatic carbocycles. The summed E-state index contributed by atoms with van der Waals surface area (Å²) < 4.78 is 11.8. The summed E-state index contributed by atoms with van der Waals surface area (Å²) in [4.78, 5) is 10.3. The quantitative estimate of drug-likeness (QED) is 0.414. The summed E-state index contributed by atoms with van der Waals surface area (Å²) in [6.45, 7) is 2.91.